The second-order valence-corrected chi connectivity index (χ2v) is 5.97. The van der Waals surface area contributed by atoms with Crippen molar-refractivity contribution < 1.29 is 8.42 Å². The third-order valence-electron chi connectivity index (χ3n) is 2.66. The van der Waals surface area contributed by atoms with Gasteiger partial charge >= 0.3 is 0 Å². The topological polar surface area (TPSA) is 99.8 Å². The highest BCUT2D eigenvalue weighted by Gasteiger charge is 2.18. The van der Waals surface area contributed by atoms with Crippen LogP contribution in [-0.4, -0.2) is 30.1 Å². The largest absolute Gasteiger partial charge is 0.384 e. The number of pyridine rings is 1. The Hall–Kier alpha value is -1.93. The van der Waals surface area contributed by atoms with Gasteiger partial charge in [0.15, 0.2) is 0 Å². The minimum Gasteiger partial charge on any atom is -0.384 e. The molecule has 0 saturated carbocycles. The van der Waals surface area contributed by atoms with Gasteiger partial charge in [0.1, 0.15) is 4.90 Å². The maximum Gasteiger partial charge on any atom is 0.244 e. The van der Waals surface area contributed by atoms with E-state index in [1.165, 1.54) is 6.20 Å². The molecule has 0 aliphatic carbocycles. The SMILES string of the molecule is CCCNc1ccncc1S(=O)(=O)NCc1cn[nH]c1. The summed E-state index contributed by atoms with van der Waals surface area (Å²) in [5, 5.41) is 9.49. The maximum absolute atomic E-state index is 12.3. The number of anilines is 1. The smallest absolute Gasteiger partial charge is 0.244 e. The lowest BCUT2D eigenvalue weighted by atomic mass is 10.4. The van der Waals surface area contributed by atoms with Crippen LogP contribution in [0.15, 0.2) is 35.7 Å². The molecule has 0 aliphatic heterocycles. The number of hydrogen-bond acceptors (Lipinski definition) is 5. The van der Waals surface area contributed by atoms with E-state index in [1.807, 2.05) is 6.92 Å². The van der Waals surface area contributed by atoms with Crippen molar-refractivity contribution in [3.8, 4) is 0 Å². The minimum absolute atomic E-state index is 0.150. The zero-order valence-corrected chi connectivity index (χ0v) is 11.9. The number of sulfonamides is 1. The van der Waals surface area contributed by atoms with Gasteiger partial charge in [-0.2, -0.15) is 5.10 Å². The van der Waals surface area contributed by atoms with Crippen molar-refractivity contribution in [3.05, 3.63) is 36.4 Å². The quantitative estimate of drug-likeness (QED) is 0.710. The zero-order chi connectivity index (χ0) is 14.4. The molecule has 20 heavy (non-hydrogen) atoms. The summed E-state index contributed by atoms with van der Waals surface area (Å²) in [5.41, 5.74) is 1.32. The van der Waals surface area contributed by atoms with Crippen molar-refractivity contribution in [2.75, 3.05) is 11.9 Å². The van der Waals surface area contributed by atoms with Crippen LogP contribution in [0.4, 0.5) is 5.69 Å². The van der Waals surface area contributed by atoms with Crippen LogP contribution in [0.1, 0.15) is 18.9 Å². The molecule has 2 rings (SSSR count). The number of hydrogen-bond donors (Lipinski definition) is 3. The zero-order valence-electron chi connectivity index (χ0n) is 11.1. The summed E-state index contributed by atoms with van der Waals surface area (Å²) in [7, 11) is -3.61. The third-order valence-corrected chi connectivity index (χ3v) is 4.09. The standard InChI is InChI=1S/C12H17N5O2S/c1-2-4-14-11-3-5-13-9-12(11)20(18,19)17-8-10-6-15-16-7-10/h3,5-7,9,17H,2,4,8H2,1H3,(H,13,14)(H,15,16). The third kappa shape index (κ3) is 3.55. The van der Waals surface area contributed by atoms with Crippen molar-refractivity contribution in [3.63, 3.8) is 0 Å². The number of aromatic amines is 1. The van der Waals surface area contributed by atoms with E-state index in [0.717, 1.165) is 12.0 Å². The highest BCUT2D eigenvalue weighted by atomic mass is 32.2. The molecule has 0 bridgehead atoms. The van der Waals surface area contributed by atoms with Crippen LogP contribution in [0.3, 0.4) is 0 Å². The normalized spacial score (nSPS) is 11.4. The van der Waals surface area contributed by atoms with Gasteiger partial charge in [-0.25, -0.2) is 13.1 Å². The number of H-pyrrole nitrogens is 1. The molecule has 7 nitrogen and oxygen atoms in total. The van der Waals surface area contributed by atoms with E-state index in [1.54, 1.807) is 24.7 Å². The van der Waals surface area contributed by atoms with Crippen molar-refractivity contribution in [1.82, 2.24) is 19.9 Å². The molecule has 3 N–H and O–H groups in total. The Morgan fingerprint density at radius 3 is 2.90 bits per heavy atom. The minimum atomic E-state index is -3.61. The summed E-state index contributed by atoms with van der Waals surface area (Å²) >= 11 is 0. The summed E-state index contributed by atoms with van der Waals surface area (Å²) < 4.78 is 27.1. The molecule has 8 heteroatoms. The number of nitrogens with one attached hydrogen (secondary N) is 3. The average Bonchev–Trinajstić information content (AvgIpc) is 2.97. The van der Waals surface area contributed by atoms with E-state index in [-0.39, 0.29) is 11.4 Å². The average molecular weight is 295 g/mol. The number of nitrogens with zero attached hydrogens (tertiary/aromatic N) is 2. The van der Waals surface area contributed by atoms with Gasteiger partial charge in [-0.1, -0.05) is 6.92 Å². The second kappa shape index (κ2) is 6.49. The fraction of sp³-hybridized carbons (Fsp3) is 0.333. The van der Waals surface area contributed by atoms with Gasteiger partial charge in [-0.15, -0.1) is 0 Å². The lowest BCUT2D eigenvalue weighted by molar-refractivity contribution is 0.581. The molecule has 0 aromatic carbocycles. The molecule has 108 valence electrons. The van der Waals surface area contributed by atoms with Gasteiger partial charge in [0.05, 0.1) is 11.9 Å². The first-order chi connectivity index (χ1) is 9.63. The molecule has 0 radical (unpaired) electrons. The van der Waals surface area contributed by atoms with Crippen molar-refractivity contribution in [2.24, 2.45) is 0 Å². The van der Waals surface area contributed by atoms with Gasteiger partial charge in [0, 0.05) is 37.2 Å². The molecule has 0 saturated heterocycles. The Bertz CT molecular complexity index is 640. The summed E-state index contributed by atoms with van der Waals surface area (Å²) in [6, 6.07) is 1.65. The first-order valence-electron chi connectivity index (χ1n) is 6.28. The van der Waals surface area contributed by atoms with E-state index < -0.39 is 10.0 Å². The Balaban J connectivity index is 2.16. The maximum atomic E-state index is 12.3. The van der Waals surface area contributed by atoms with Crippen molar-refractivity contribution in [1.29, 1.82) is 0 Å². The fourth-order valence-electron chi connectivity index (χ4n) is 1.63. The Morgan fingerprint density at radius 1 is 1.35 bits per heavy atom. The number of rotatable bonds is 7. The molecule has 0 amide bonds. The highest BCUT2D eigenvalue weighted by molar-refractivity contribution is 7.89. The molecule has 0 aliphatic rings. The van der Waals surface area contributed by atoms with Gasteiger partial charge in [0.2, 0.25) is 10.0 Å². The summed E-state index contributed by atoms with van der Waals surface area (Å²) in [4.78, 5) is 4.04. The van der Waals surface area contributed by atoms with E-state index >= 15 is 0 Å². The Labute approximate surface area is 117 Å². The monoisotopic (exact) mass is 295 g/mol. The van der Waals surface area contributed by atoms with Crippen LogP contribution >= 0.6 is 0 Å². The summed E-state index contributed by atoms with van der Waals surface area (Å²) in [6.45, 7) is 2.90. The lowest BCUT2D eigenvalue weighted by Gasteiger charge is -2.11. The van der Waals surface area contributed by atoms with Crippen LogP contribution in [0.5, 0.6) is 0 Å². The summed E-state index contributed by atoms with van der Waals surface area (Å²) in [6.07, 6.45) is 7.02. The predicted molar refractivity (Wildman–Crippen MR) is 75.6 cm³/mol. The Kier molecular flexibility index (Phi) is 4.70. The van der Waals surface area contributed by atoms with E-state index in [9.17, 15) is 8.42 Å². The van der Waals surface area contributed by atoms with Crippen LogP contribution in [0, 0.1) is 0 Å². The molecule has 0 fully saturated rings. The van der Waals surface area contributed by atoms with Crippen molar-refractivity contribution >= 4 is 15.7 Å². The van der Waals surface area contributed by atoms with Gasteiger partial charge in [-0.05, 0) is 12.5 Å². The first kappa shape index (κ1) is 14.5. The molecule has 0 atom stereocenters. The molecule has 2 heterocycles. The van der Waals surface area contributed by atoms with E-state index in [0.29, 0.717) is 12.2 Å². The highest BCUT2D eigenvalue weighted by Crippen LogP contribution is 2.19. The molecule has 0 unspecified atom stereocenters. The predicted octanol–water partition coefficient (Wildman–Crippen LogP) is 1.11. The molecule has 2 aromatic rings. The molecule has 0 spiro atoms. The van der Waals surface area contributed by atoms with Crippen molar-refractivity contribution in [2.45, 2.75) is 24.8 Å². The van der Waals surface area contributed by atoms with Gasteiger partial charge in [0.25, 0.3) is 0 Å². The van der Waals surface area contributed by atoms with Gasteiger partial charge in [-0.3, -0.25) is 10.1 Å². The van der Waals surface area contributed by atoms with Gasteiger partial charge < -0.3 is 5.32 Å². The summed E-state index contributed by atoms with van der Waals surface area (Å²) in [5.74, 6) is 0. The van der Waals surface area contributed by atoms with Crippen LogP contribution in [0.25, 0.3) is 0 Å². The van der Waals surface area contributed by atoms with Crippen LogP contribution in [0.2, 0.25) is 0 Å². The Morgan fingerprint density at radius 2 is 2.20 bits per heavy atom. The van der Waals surface area contributed by atoms with Crippen LogP contribution < -0.4 is 10.0 Å². The number of aromatic nitrogens is 3. The van der Waals surface area contributed by atoms with Crippen LogP contribution in [-0.2, 0) is 16.6 Å². The fourth-order valence-corrected chi connectivity index (χ4v) is 2.77. The first-order valence-corrected chi connectivity index (χ1v) is 7.77. The molecular formula is C12H17N5O2S. The van der Waals surface area contributed by atoms with E-state index in [4.69, 9.17) is 0 Å². The van der Waals surface area contributed by atoms with E-state index in [2.05, 4.69) is 25.2 Å². The molecule has 2 aromatic heterocycles. The molecular weight excluding hydrogens is 278 g/mol. The lowest BCUT2D eigenvalue weighted by Crippen LogP contribution is -2.24. The second-order valence-electron chi connectivity index (χ2n) is 4.23.